The highest BCUT2D eigenvalue weighted by molar-refractivity contribution is 6.34. The predicted molar refractivity (Wildman–Crippen MR) is 72.7 cm³/mol. The zero-order valence-electron chi connectivity index (χ0n) is 10.5. The van der Waals surface area contributed by atoms with E-state index in [-0.39, 0.29) is 15.9 Å². The summed E-state index contributed by atoms with van der Waals surface area (Å²) < 4.78 is 0. The van der Waals surface area contributed by atoms with Crippen molar-refractivity contribution in [1.29, 1.82) is 0 Å². The molecule has 7 heteroatoms. The Hall–Kier alpha value is -1.33. The maximum absolute atomic E-state index is 12.0. The smallest absolute Gasteiger partial charge is 0.329 e. The number of nitrogens with zero attached hydrogens (tertiary/aromatic N) is 1. The van der Waals surface area contributed by atoms with Crippen molar-refractivity contribution in [2.75, 3.05) is 0 Å². The molecule has 1 aromatic rings. The molecule has 0 aromatic carbocycles. The van der Waals surface area contributed by atoms with Crippen LogP contribution in [0.25, 0.3) is 0 Å². The van der Waals surface area contributed by atoms with Gasteiger partial charge in [-0.3, -0.25) is 4.79 Å². The highest BCUT2D eigenvalue weighted by Gasteiger charge is 2.34. The van der Waals surface area contributed by atoms with Crippen LogP contribution >= 0.6 is 23.2 Å². The summed E-state index contributed by atoms with van der Waals surface area (Å²) >= 11 is 11.4. The van der Waals surface area contributed by atoms with Crippen LogP contribution in [0, 0.1) is 0 Å². The molecule has 0 saturated heterocycles. The van der Waals surface area contributed by atoms with Crippen molar-refractivity contribution in [2.45, 2.75) is 32.2 Å². The van der Waals surface area contributed by atoms with Crippen molar-refractivity contribution in [3.63, 3.8) is 0 Å². The van der Waals surface area contributed by atoms with Gasteiger partial charge >= 0.3 is 5.97 Å². The Morgan fingerprint density at radius 1 is 1.42 bits per heavy atom. The molecule has 0 bridgehead atoms. The van der Waals surface area contributed by atoms with Gasteiger partial charge in [-0.2, -0.15) is 0 Å². The van der Waals surface area contributed by atoms with Crippen molar-refractivity contribution < 1.29 is 14.7 Å². The number of nitrogens with one attached hydrogen (secondary N) is 1. The SMILES string of the molecule is CCCC(C)(NC(=O)c1ccc(Cl)nc1Cl)C(=O)O. The first-order valence-electron chi connectivity index (χ1n) is 5.68. The molecule has 1 heterocycles. The number of hydrogen-bond acceptors (Lipinski definition) is 3. The van der Waals surface area contributed by atoms with Gasteiger partial charge in [-0.25, -0.2) is 9.78 Å². The van der Waals surface area contributed by atoms with Gasteiger partial charge in [0.15, 0.2) is 0 Å². The van der Waals surface area contributed by atoms with Gasteiger partial charge < -0.3 is 10.4 Å². The van der Waals surface area contributed by atoms with Crippen LogP contribution in [0.1, 0.15) is 37.0 Å². The predicted octanol–water partition coefficient (Wildman–Crippen LogP) is 2.76. The molecule has 0 fully saturated rings. The van der Waals surface area contributed by atoms with Crippen LogP contribution in [-0.2, 0) is 4.79 Å². The fourth-order valence-corrected chi connectivity index (χ4v) is 2.05. The number of halogens is 2. The summed E-state index contributed by atoms with van der Waals surface area (Å²) in [6, 6.07) is 2.82. The van der Waals surface area contributed by atoms with E-state index in [9.17, 15) is 14.7 Å². The molecule has 0 aliphatic heterocycles. The second-order valence-corrected chi connectivity index (χ2v) is 5.06. The topological polar surface area (TPSA) is 79.3 Å². The number of rotatable bonds is 5. The highest BCUT2D eigenvalue weighted by Crippen LogP contribution is 2.19. The van der Waals surface area contributed by atoms with E-state index < -0.39 is 17.4 Å². The van der Waals surface area contributed by atoms with Crippen molar-refractivity contribution in [1.82, 2.24) is 10.3 Å². The number of carbonyl (C=O) groups is 2. The lowest BCUT2D eigenvalue weighted by Gasteiger charge is -2.25. The van der Waals surface area contributed by atoms with Gasteiger partial charge in [0.1, 0.15) is 15.8 Å². The quantitative estimate of drug-likeness (QED) is 0.820. The third kappa shape index (κ3) is 3.81. The van der Waals surface area contributed by atoms with Crippen LogP contribution in [0.2, 0.25) is 10.3 Å². The number of carboxylic acids is 1. The number of amides is 1. The second-order valence-electron chi connectivity index (χ2n) is 4.31. The number of hydrogen-bond donors (Lipinski definition) is 2. The van der Waals surface area contributed by atoms with Gasteiger partial charge in [-0.15, -0.1) is 0 Å². The largest absolute Gasteiger partial charge is 0.480 e. The number of pyridine rings is 1. The summed E-state index contributed by atoms with van der Waals surface area (Å²) in [4.78, 5) is 27.0. The van der Waals surface area contributed by atoms with Crippen LogP contribution in [0.3, 0.4) is 0 Å². The Morgan fingerprint density at radius 3 is 2.53 bits per heavy atom. The van der Waals surface area contributed by atoms with Gasteiger partial charge in [-0.05, 0) is 25.5 Å². The van der Waals surface area contributed by atoms with Gasteiger partial charge in [0.2, 0.25) is 0 Å². The summed E-state index contributed by atoms with van der Waals surface area (Å²) in [5.74, 6) is -1.69. The number of carbonyl (C=O) groups excluding carboxylic acids is 1. The van der Waals surface area contributed by atoms with Crippen molar-refractivity contribution >= 4 is 35.1 Å². The van der Waals surface area contributed by atoms with Gasteiger partial charge in [0.05, 0.1) is 5.56 Å². The molecule has 0 spiro atoms. The molecule has 19 heavy (non-hydrogen) atoms. The minimum absolute atomic E-state index is 0.0609. The molecular weight excluding hydrogens is 291 g/mol. The van der Waals surface area contributed by atoms with Crippen LogP contribution in [0.15, 0.2) is 12.1 Å². The normalized spacial score (nSPS) is 13.7. The Balaban J connectivity index is 2.97. The van der Waals surface area contributed by atoms with E-state index in [1.165, 1.54) is 19.1 Å². The summed E-state index contributed by atoms with van der Waals surface area (Å²) in [5, 5.41) is 11.8. The van der Waals surface area contributed by atoms with E-state index >= 15 is 0 Å². The lowest BCUT2D eigenvalue weighted by atomic mass is 9.96. The monoisotopic (exact) mass is 304 g/mol. The second kappa shape index (κ2) is 6.21. The Labute approximate surface area is 120 Å². The molecule has 0 aliphatic rings. The third-order valence-electron chi connectivity index (χ3n) is 2.67. The first kappa shape index (κ1) is 15.7. The van der Waals surface area contributed by atoms with E-state index in [0.717, 1.165) is 0 Å². The van der Waals surface area contributed by atoms with Gasteiger partial charge in [0, 0.05) is 0 Å². The number of carboxylic acid groups (broad SMARTS) is 1. The lowest BCUT2D eigenvalue weighted by molar-refractivity contribution is -0.144. The molecule has 1 unspecified atom stereocenters. The van der Waals surface area contributed by atoms with E-state index in [2.05, 4.69) is 10.3 Å². The number of aliphatic carboxylic acids is 1. The molecule has 1 amide bonds. The average molecular weight is 305 g/mol. The van der Waals surface area contributed by atoms with E-state index in [1.807, 2.05) is 6.92 Å². The molecule has 1 aromatic heterocycles. The molecule has 0 saturated carbocycles. The summed E-state index contributed by atoms with van der Waals surface area (Å²) in [7, 11) is 0. The summed E-state index contributed by atoms with van der Waals surface area (Å²) in [5.41, 5.74) is -1.25. The highest BCUT2D eigenvalue weighted by atomic mass is 35.5. The fourth-order valence-electron chi connectivity index (χ4n) is 1.62. The standard InChI is InChI=1S/C12H14Cl2N2O3/c1-3-6-12(2,11(18)19)16-10(17)7-4-5-8(13)15-9(7)14/h4-5H,3,6H2,1-2H3,(H,16,17)(H,18,19). The summed E-state index contributed by atoms with van der Waals surface area (Å²) in [6.07, 6.45) is 0.933. The molecule has 5 nitrogen and oxygen atoms in total. The van der Waals surface area contributed by atoms with Gasteiger partial charge in [-0.1, -0.05) is 36.5 Å². The maximum Gasteiger partial charge on any atom is 0.329 e. The Kier molecular flexibility index (Phi) is 5.14. The number of aromatic nitrogens is 1. The van der Waals surface area contributed by atoms with Crippen molar-refractivity contribution in [3.8, 4) is 0 Å². The van der Waals surface area contributed by atoms with Crippen LogP contribution in [-0.4, -0.2) is 27.5 Å². The Morgan fingerprint density at radius 2 is 2.05 bits per heavy atom. The van der Waals surface area contributed by atoms with Crippen LogP contribution in [0.5, 0.6) is 0 Å². The van der Waals surface area contributed by atoms with Crippen LogP contribution < -0.4 is 5.32 Å². The average Bonchev–Trinajstić information content (AvgIpc) is 2.28. The molecule has 0 radical (unpaired) electrons. The molecule has 1 rings (SSSR count). The zero-order chi connectivity index (χ0) is 14.6. The van der Waals surface area contributed by atoms with E-state index in [4.69, 9.17) is 23.2 Å². The first-order valence-corrected chi connectivity index (χ1v) is 6.43. The van der Waals surface area contributed by atoms with Crippen molar-refractivity contribution in [2.24, 2.45) is 0 Å². The maximum atomic E-state index is 12.0. The molecule has 1 atom stereocenters. The zero-order valence-corrected chi connectivity index (χ0v) is 12.0. The minimum Gasteiger partial charge on any atom is -0.480 e. The molecule has 2 N–H and O–H groups in total. The van der Waals surface area contributed by atoms with E-state index in [1.54, 1.807) is 0 Å². The molecular formula is C12H14Cl2N2O3. The summed E-state index contributed by atoms with van der Waals surface area (Å²) in [6.45, 7) is 3.29. The first-order chi connectivity index (χ1) is 8.80. The van der Waals surface area contributed by atoms with Gasteiger partial charge in [0.25, 0.3) is 5.91 Å². The fraction of sp³-hybridized carbons (Fsp3) is 0.417. The minimum atomic E-state index is -1.34. The van der Waals surface area contributed by atoms with Crippen molar-refractivity contribution in [3.05, 3.63) is 28.0 Å². The molecule has 104 valence electrons. The van der Waals surface area contributed by atoms with Crippen LogP contribution in [0.4, 0.5) is 0 Å². The van der Waals surface area contributed by atoms with E-state index in [0.29, 0.717) is 12.8 Å². The lowest BCUT2D eigenvalue weighted by Crippen LogP contribution is -2.52. The third-order valence-corrected chi connectivity index (χ3v) is 3.17. The Bertz CT molecular complexity index is 508. The molecule has 0 aliphatic carbocycles.